The van der Waals surface area contributed by atoms with Gasteiger partial charge in [0.2, 0.25) is 0 Å². The first-order chi connectivity index (χ1) is 9.54. The molecule has 0 aromatic heterocycles. The van der Waals surface area contributed by atoms with Crippen molar-refractivity contribution in [3.05, 3.63) is 0 Å². The average Bonchev–Trinajstić information content (AvgIpc) is 2.60. The SMILES string of the molecule is CCCN1CCCC(NCCN(C(C)C)C(C)C)CC1. The zero-order valence-corrected chi connectivity index (χ0v) is 14.5. The zero-order valence-electron chi connectivity index (χ0n) is 14.5. The monoisotopic (exact) mass is 283 g/mol. The van der Waals surface area contributed by atoms with Crippen LogP contribution in [0.25, 0.3) is 0 Å². The highest BCUT2D eigenvalue weighted by molar-refractivity contribution is 4.76. The van der Waals surface area contributed by atoms with Gasteiger partial charge in [0.1, 0.15) is 0 Å². The number of nitrogens with one attached hydrogen (secondary N) is 1. The van der Waals surface area contributed by atoms with Gasteiger partial charge in [-0.25, -0.2) is 0 Å². The van der Waals surface area contributed by atoms with Crippen molar-refractivity contribution in [2.45, 2.75) is 78.4 Å². The molecule has 0 spiro atoms. The summed E-state index contributed by atoms with van der Waals surface area (Å²) in [7, 11) is 0. The van der Waals surface area contributed by atoms with Crippen LogP contribution < -0.4 is 5.32 Å². The van der Waals surface area contributed by atoms with Gasteiger partial charge in [0.25, 0.3) is 0 Å². The van der Waals surface area contributed by atoms with E-state index >= 15 is 0 Å². The van der Waals surface area contributed by atoms with Crippen LogP contribution in [-0.4, -0.2) is 60.6 Å². The van der Waals surface area contributed by atoms with Gasteiger partial charge in [-0.3, -0.25) is 4.90 Å². The van der Waals surface area contributed by atoms with Gasteiger partial charge in [-0.15, -0.1) is 0 Å². The van der Waals surface area contributed by atoms with Gasteiger partial charge in [0.15, 0.2) is 0 Å². The van der Waals surface area contributed by atoms with E-state index in [9.17, 15) is 0 Å². The maximum atomic E-state index is 3.80. The highest BCUT2D eigenvalue weighted by atomic mass is 15.2. The summed E-state index contributed by atoms with van der Waals surface area (Å²) in [6.45, 7) is 17.7. The maximum absolute atomic E-state index is 3.80. The fourth-order valence-electron chi connectivity index (χ4n) is 3.41. The Kier molecular flexibility index (Phi) is 8.74. The number of hydrogen-bond donors (Lipinski definition) is 1. The van der Waals surface area contributed by atoms with Crippen molar-refractivity contribution in [2.75, 3.05) is 32.7 Å². The average molecular weight is 284 g/mol. The summed E-state index contributed by atoms with van der Waals surface area (Å²) in [6, 6.07) is 2.02. The molecule has 0 radical (unpaired) electrons. The third kappa shape index (κ3) is 6.55. The topological polar surface area (TPSA) is 18.5 Å². The van der Waals surface area contributed by atoms with Crippen molar-refractivity contribution in [2.24, 2.45) is 0 Å². The van der Waals surface area contributed by atoms with E-state index in [1.54, 1.807) is 0 Å². The van der Waals surface area contributed by atoms with Crippen molar-refractivity contribution in [1.82, 2.24) is 15.1 Å². The minimum Gasteiger partial charge on any atom is -0.313 e. The summed E-state index contributed by atoms with van der Waals surface area (Å²) in [5.74, 6) is 0. The van der Waals surface area contributed by atoms with Gasteiger partial charge < -0.3 is 10.2 Å². The molecule has 1 rings (SSSR count). The predicted molar refractivity (Wildman–Crippen MR) is 89.4 cm³/mol. The Bertz CT molecular complexity index is 232. The molecule has 0 saturated carbocycles. The standard InChI is InChI=1S/C17H37N3/c1-6-11-19-12-7-8-17(9-13-19)18-10-14-20(15(2)3)16(4)5/h15-18H,6-14H2,1-5H3. The zero-order chi connectivity index (χ0) is 15.0. The van der Waals surface area contributed by atoms with E-state index in [4.69, 9.17) is 0 Å². The van der Waals surface area contributed by atoms with Crippen LogP contribution in [0, 0.1) is 0 Å². The van der Waals surface area contributed by atoms with E-state index in [-0.39, 0.29) is 0 Å². The highest BCUT2D eigenvalue weighted by Crippen LogP contribution is 2.11. The molecule has 1 aliphatic rings. The molecule has 0 aromatic rings. The lowest BCUT2D eigenvalue weighted by Crippen LogP contribution is -2.43. The van der Waals surface area contributed by atoms with Crippen LogP contribution in [0.15, 0.2) is 0 Å². The second-order valence-corrected chi connectivity index (χ2v) is 6.85. The summed E-state index contributed by atoms with van der Waals surface area (Å²) in [6.07, 6.45) is 5.32. The summed E-state index contributed by atoms with van der Waals surface area (Å²) < 4.78 is 0. The third-order valence-electron chi connectivity index (χ3n) is 4.49. The Morgan fingerprint density at radius 1 is 1.10 bits per heavy atom. The fourth-order valence-corrected chi connectivity index (χ4v) is 3.41. The fraction of sp³-hybridized carbons (Fsp3) is 1.00. The molecule has 0 amide bonds. The van der Waals surface area contributed by atoms with Gasteiger partial charge in [0, 0.05) is 31.2 Å². The molecule has 1 unspecified atom stereocenters. The molecule has 1 saturated heterocycles. The summed E-state index contributed by atoms with van der Waals surface area (Å²) in [4.78, 5) is 5.21. The quantitative estimate of drug-likeness (QED) is 0.739. The Morgan fingerprint density at radius 2 is 1.80 bits per heavy atom. The summed E-state index contributed by atoms with van der Waals surface area (Å²) >= 11 is 0. The molecule has 0 bridgehead atoms. The molecule has 1 heterocycles. The van der Waals surface area contributed by atoms with Crippen molar-refractivity contribution in [1.29, 1.82) is 0 Å². The van der Waals surface area contributed by atoms with Gasteiger partial charge >= 0.3 is 0 Å². The van der Waals surface area contributed by atoms with Crippen molar-refractivity contribution >= 4 is 0 Å². The highest BCUT2D eigenvalue weighted by Gasteiger charge is 2.17. The first-order valence-electron chi connectivity index (χ1n) is 8.76. The van der Waals surface area contributed by atoms with E-state index in [1.807, 2.05) is 0 Å². The Balaban J connectivity index is 2.24. The summed E-state index contributed by atoms with van der Waals surface area (Å²) in [5.41, 5.74) is 0. The van der Waals surface area contributed by atoms with Crippen LogP contribution in [0.3, 0.4) is 0 Å². The summed E-state index contributed by atoms with van der Waals surface area (Å²) in [5, 5.41) is 3.80. The molecule has 0 aliphatic carbocycles. The van der Waals surface area contributed by atoms with Crippen LogP contribution in [0.5, 0.6) is 0 Å². The number of nitrogens with zero attached hydrogens (tertiary/aromatic N) is 2. The molecule has 120 valence electrons. The van der Waals surface area contributed by atoms with Gasteiger partial charge in [-0.2, -0.15) is 0 Å². The molecule has 0 aromatic carbocycles. The van der Waals surface area contributed by atoms with Crippen molar-refractivity contribution < 1.29 is 0 Å². The minimum atomic E-state index is 0.644. The van der Waals surface area contributed by atoms with Gasteiger partial charge in [-0.05, 0) is 73.0 Å². The molecule has 1 N–H and O–H groups in total. The third-order valence-corrected chi connectivity index (χ3v) is 4.49. The number of hydrogen-bond acceptors (Lipinski definition) is 3. The molecule has 20 heavy (non-hydrogen) atoms. The lowest BCUT2D eigenvalue weighted by atomic mass is 10.1. The van der Waals surface area contributed by atoms with Crippen LogP contribution in [0.2, 0.25) is 0 Å². The van der Waals surface area contributed by atoms with Crippen LogP contribution in [0.1, 0.15) is 60.3 Å². The van der Waals surface area contributed by atoms with Crippen molar-refractivity contribution in [3.8, 4) is 0 Å². The molecule has 1 fully saturated rings. The largest absolute Gasteiger partial charge is 0.313 e. The van der Waals surface area contributed by atoms with E-state index in [2.05, 4.69) is 49.7 Å². The van der Waals surface area contributed by atoms with Crippen LogP contribution in [0.4, 0.5) is 0 Å². The normalized spacial score (nSPS) is 21.9. The second-order valence-electron chi connectivity index (χ2n) is 6.85. The maximum Gasteiger partial charge on any atom is 0.0112 e. The lowest BCUT2D eigenvalue weighted by Gasteiger charge is -2.31. The molecule has 3 heteroatoms. The Labute approximate surface area is 127 Å². The van der Waals surface area contributed by atoms with E-state index in [1.165, 1.54) is 51.9 Å². The van der Waals surface area contributed by atoms with Crippen LogP contribution >= 0.6 is 0 Å². The lowest BCUT2D eigenvalue weighted by molar-refractivity contribution is 0.173. The number of likely N-dealkylation sites (tertiary alicyclic amines) is 1. The van der Waals surface area contributed by atoms with E-state index < -0.39 is 0 Å². The predicted octanol–water partition coefficient (Wildman–Crippen LogP) is 2.96. The second kappa shape index (κ2) is 9.75. The molecule has 3 nitrogen and oxygen atoms in total. The first-order valence-corrected chi connectivity index (χ1v) is 8.76. The molecule has 1 aliphatic heterocycles. The van der Waals surface area contributed by atoms with Crippen molar-refractivity contribution in [3.63, 3.8) is 0 Å². The minimum absolute atomic E-state index is 0.644. The molecule has 1 atom stereocenters. The molecular formula is C17H37N3. The Morgan fingerprint density at radius 3 is 2.40 bits per heavy atom. The van der Waals surface area contributed by atoms with Gasteiger partial charge in [-0.1, -0.05) is 6.92 Å². The Hall–Kier alpha value is -0.120. The first kappa shape index (κ1) is 17.9. The number of rotatable bonds is 8. The van der Waals surface area contributed by atoms with E-state index in [0.717, 1.165) is 12.6 Å². The van der Waals surface area contributed by atoms with Crippen LogP contribution in [-0.2, 0) is 0 Å². The van der Waals surface area contributed by atoms with Gasteiger partial charge in [0.05, 0.1) is 0 Å². The van der Waals surface area contributed by atoms with E-state index in [0.29, 0.717) is 12.1 Å². The smallest absolute Gasteiger partial charge is 0.0112 e. The molecular weight excluding hydrogens is 246 g/mol.